The molecule has 0 aromatic heterocycles. The van der Waals surface area contributed by atoms with Crippen LogP contribution in [0.4, 0.5) is 0 Å². The number of aliphatic hydroxyl groups excluding tert-OH is 1. The minimum absolute atomic E-state index is 0.0772. The second kappa shape index (κ2) is 46.7. The van der Waals surface area contributed by atoms with Crippen LogP contribution in [0.3, 0.4) is 0 Å². The molecule has 322 valence electrons. The quantitative estimate of drug-likeness (QED) is 0.0379. The highest BCUT2D eigenvalue weighted by Gasteiger charge is 2.16. The normalized spacial score (nSPS) is 12.8. The number of ether oxygens (including phenoxy) is 2. The van der Waals surface area contributed by atoms with Gasteiger partial charge in [0.15, 0.2) is 6.10 Å². The Hall–Kier alpha value is -2.66. The Labute approximate surface area is 346 Å². The summed E-state index contributed by atoms with van der Waals surface area (Å²) in [7, 11) is 0. The van der Waals surface area contributed by atoms with Crippen LogP contribution in [0.25, 0.3) is 0 Å². The summed E-state index contributed by atoms with van der Waals surface area (Å²) in [5, 5.41) is 9.60. The molecule has 5 heteroatoms. The summed E-state index contributed by atoms with van der Waals surface area (Å²) in [5.74, 6) is -0.616. The van der Waals surface area contributed by atoms with Gasteiger partial charge in [-0.2, -0.15) is 0 Å². The third-order valence-electron chi connectivity index (χ3n) is 10.0. The molecule has 5 nitrogen and oxygen atoms in total. The molecular formula is C51H88O5. The van der Waals surface area contributed by atoms with Gasteiger partial charge in [-0.3, -0.25) is 9.59 Å². The zero-order chi connectivity index (χ0) is 40.7. The molecule has 0 saturated heterocycles. The van der Waals surface area contributed by atoms with Crippen molar-refractivity contribution in [1.82, 2.24) is 0 Å². The molecule has 0 aromatic rings. The lowest BCUT2D eigenvalue weighted by Crippen LogP contribution is -2.28. The molecule has 0 aliphatic heterocycles. The molecule has 0 saturated carbocycles. The number of unbranched alkanes of at least 4 members (excludes halogenated alkanes) is 22. The summed E-state index contributed by atoms with van der Waals surface area (Å²) in [4.78, 5) is 24.4. The Morgan fingerprint density at radius 1 is 0.429 bits per heavy atom. The van der Waals surface area contributed by atoms with Gasteiger partial charge in [-0.1, -0.05) is 215 Å². The van der Waals surface area contributed by atoms with Crippen LogP contribution >= 0.6 is 0 Å². The number of carbonyl (C=O) groups is 2. The Bertz CT molecular complexity index is 1020. The lowest BCUT2D eigenvalue weighted by atomic mass is 10.0. The smallest absolute Gasteiger partial charge is 0.306 e. The maximum absolute atomic E-state index is 12.2. The van der Waals surface area contributed by atoms with E-state index in [0.717, 1.165) is 89.9 Å². The van der Waals surface area contributed by atoms with Gasteiger partial charge in [-0.15, -0.1) is 0 Å². The van der Waals surface area contributed by atoms with E-state index in [1.54, 1.807) is 0 Å². The number of hydrogen-bond donors (Lipinski definition) is 1. The first kappa shape index (κ1) is 53.3. The molecule has 0 rings (SSSR count). The zero-order valence-electron chi connectivity index (χ0n) is 36.6. The summed E-state index contributed by atoms with van der Waals surface area (Å²) in [6.45, 7) is 4.02. The molecule has 0 radical (unpaired) electrons. The molecule has 1 unspecified atom stereocenters. The fraction of sp³-hybridized carbons (Fsp3) is 0.725. The van der Waals surface area contributed by atoms with Crippen molar-refractivity contribution in [2.75, 3.05) is 13.2 Å². The van der Waals surface area contributed by atoms with Gasteiger partial charge >= 0.3 is 11.9 Å². The molecule has 0 aromatic carbocycles. The van der Waals surface area contributed by atoms with Crippen LogP contribution in [0.5, 0.6) is 0 Å². The minimum Gasteiger partial charge on any atom is -0.462 e. The first-order valence-corrected chi connectivity index (χ1v) is 23.5. The van der Waals surface area contributed by atoms with Gasteiger partial charge in [-0.05, 0) is 64.2 Å². The van der Waals surface area contributed by atoms with Crippen molar-refractivity contribution in [3.8, 4) is 0 Å². The highest BCUT2D eigenvalue weighted by atomic mass is 16.6. The lowest BCUT2D eigenvalue weighted by molar-refractivity contribution is -0.161. The van der Waals surface area contributed by atoms with E-state index >= 15 is 0 Å². The topological polar surface area (TPSA) is 72.8 Å². The molecule has 0 bridgehead atoms. The standard InChI is InChI=1S/C51H88O5/c1-3-5-7-9-11-13-15-17-19-21-23-24-25-26-28-30-32-34-36-38-40-42-44-46-51(54)56-49(47-52)48-55-50(53)45-43-41-39-37-35-33-31-29-27-22-20-18-16-14-12-10-8-6-4-2/h5,7,11,13,17,19,23-24,26,28,32,34,49,52H,3-4,6,8-10,12,14-16,18,20-22,25,27,29-31,33,35-48H2,1-2H3/b7-5-,13-11-,19-17-,24-23-,28-26-,34-32-. The summed E-state index contributed by atoms with van der Waals surface area (Å²) < 4.78 is 10.6. The van der Waals surface area contributed by atoms with Crippen LogP contribution < -0.4 is 0 Å². The highest BCUT2D eigenvalue weighted by Crippen LogP contribution is 2.15. The van der Waals surface area contributed by atoms with E-state index in [4.69, 9.17) is 9.47 Å². The van der Waals surface area contributed by atoms with E-state index in [1.807, 2.05) is 0 Å². The molecule has 0 heterocycles. The maximum Gasteiger partial charge on any atom is 0.306 e. The lowest BCUT2D eigenvalue weighted by Gasteiger charge is -2.15. The van der Waals surface area contributed by atoms with Gasteiger partial charge in [0.05, 0.1) is 6.61 Å². The number of hydrogen-bond acceptors (Lipinski definition) is 5. The summed E-state index contributed by atoms with van der Waals surface area (Å²) in [6.07, 6.45) is 62.6. The molecule has 1 N–H and O–H groups in total. The summed E-state index contributed by atoms with van der Waals surface area (Å²) in [6, 6.07) is 0. The van der Waals surface area contributed by atoms with Crippen molar-refractivity contribution in [2.24, 2.45) is 0 Å². The van der Waals surface area contributed by atoms with Crippen molar-refractivity contribution in [2.45, 2.75) is 225 Å². The van der Waals surface area contributed by atoms with E-state index in [2.05, 4.69) is 86.8 Å². The number of esters is 2. The third kappa shape index (κ3) is 44.1. The molecule has 0 amide bonds. The first-order chi connectivity index (χ1) is 27.6. The van der Waals surface area contributed by atoms with Crippen molar-refractivity contribution in [3.05, 3.63) is 72.9 Å². The van der Waals surface area contributed by atoms with E-state index < -0.39 is 6.10 Å². The van der Waals surface area contributed by atoms with Crippen molar-refractivity contribution in [1.29, 1.82) is 0 Å². The summed E-state index contributed by atoms with van der Waals surface area (Å²) in [5.41, 5.74) is 0. The predicted molar refractivity (Wildman–Crippen MR) is 242 cm³/mol. The molecule has 0 aliphatic rings. The van der Waals surface area contributed by atoms with Crippen LogP contribution in [0.15, 0.2) is 72.9 Å². The van der Waals surface area contributed by atoms with Crippen LogP contribution in [-0.4, -0.2) is 36.4 Å². The number of carbonyl (C=O) groups excluding carboxylic acids is 2. The molecule has 0 aliphatic carbocycles. The second-order valence-electron chi connectivity index (χ2n) is 15.5. The second-order valence-corrected chi connectivity index (χ2v) is 15.5. The molecule has 0 fully saturated rings. The van der Waals surface area contributed by atoms with Crippen molar-refractivity contribution < 1.29 is 24.2 Å². The zero-order valence-corrected chi connectivity index (χ0v) is 36.6. The highest BCUT2D eigenvalue weighted by molar-refractivity contribution is 5.70. The fourth-order valence-corrected chi connectivity index (χ4v) is 6.50. The molecule has 0 spiro atoms. The third-order valence-corrected chi connectivity index (χ3v) is 10.0. The van der Waals surface area contributed by atoms with Crippen LogP contribution in [0, 0.1) is 0 Å². The molecule has 1 atom stereocenters. The summed E-state index contributed by atoms with van der Waals surface area (Å²) >= 11 is 0. The van der Waals surface area contributed by atoms with Crippen molar-refractivity contribution >= 4 is 11.9 Å². The molecule has 56 heavy (non-hydrogen) atoms. The van der Waals surface area contributed by atoms with Crippen LogP contribution in [0.1, 0.15) is 219 Å². The fourth-order valence-electron chi connectivity index (χ4n) is 6.50. The van der Waals surface area contributed by atoms with Gasteiger partial charge in [0.25, 0.3) is 0 Å². The molecular weight excluding hydrogens is 693 g/mol. The largest absolute Gasteiger partial charge is 0.462 e. The number of aliphatic hydroxyl groups is 1. The van der Waals surface area contributed by atoms with Crippen molar-refractivity contribution in [3.63, 3.8) is 0 Å². The SMILES string of the molecule is CC/C=C\C/C=C\C/C=C\C/C=C\C/C=C\C/C=C\CCCCCCC(=O)OC(CO)COC(=O)CCCCCCCCCCCCCCCCCCCCC. The average Bonchev–Trinajstić information content (AvgIpc) is 3.20. The van der Waals surface area contributed by atoms with Gasteiger partial charge in [0.1, 0.15) is 6.61 Å². The maximum atomic E-state index is 12.2. The number of allylic oxidation sites excluding steroid dienone is 12. The Kier molecular flexibility index (Phi) is 44.5. The van der Waals surface area contributed by atoms with Gasteiger partial charge in [0.2, 0.25) is 0 Å². The van der Waals surface area contributed by atoms with E-state index in [-0.39, 0.29) is 25.2 Å². The monoisotopic (exact) mass is 781 g/mol. The Morgan fingerprint density at radius 2 is 0.768 bits per heavy atom. The van der Waals surface area contributed by atoms with E-state index in [1.165, 1.54) is 103 Å². The van der Waals surface area contributed by atoms with E-state index in [9.17, 15) is 14.7 Å². The van der Waals surface area contributed by atoms with Crippen LogP contribution in [-0.2, 0) is 19.1 Å². The van der Waals surface area contributed by atoms with E-state index in [0.29, 0.717) is 12.8 Å². The van der Waals surface area contributed by atoms with Gasteiger partial charge in [0, 0.05) is 12.8 Å². The van der Waals surface area contributed by atoms with Crippen LogP contribution in [0.2, 0.25) is 0 Å². The van der Waals surface area contributed by atoms with Gasteiger partial charge < -0.3 is 14.6 Å². The Morgan fingerprint density at radius 3 is 1.16 bits per heavy atom. The minimum atomic E-state index is -0.787. The van der Waals surface area contributed by atoms with Gasteiger partial charge in [-0.25, -0.2) is 0 Å². The predicted octanol–water partition coefficient (Wildman–Crippen LogP) is 15.3. The first-order valence-electron chi connectivity index (χ1n) is 23.5. The average molecular weight is 781 g/mol. The Balaban J connectivity index is 3.59. The number of rotatable bonds is 42.